The number of fused-ring (bicyclic) bond motifs is 1. The summed E-state index contributed by atoms with van der Waals surface area (Å²) in [6.07, 6.45) is 4.20. The third kappa shape index (κ3) is 3.70. The van der Waals surface area contributed by atoms with Crippen molar-refractivity contribution >= 4 is 34.3 Å². The first-order valence-corrected chi connectivity index (χ1v) is 11.8. The first kappa shape index (κ1) is 21.7. The molecule has 2 aliphatic heterocycles. The number of likely N-dealkylation sites (N-methyl/N-ethyl adjacent to an activating group) is 1. The topological polar surface area (TPSA) is 31.4 Å². The van der Waals surface area contributed by atoms with Crippen molar-refractivity contribution in [3.05, 3.63) is 95.3 Å². The van der Waals surface area contributed by atoms with Gasteiger partial charge in [0, 0.05) is 30.2 Å². The molecule has 2 atom stereocenters. The molecule has 1 saturated heterocycles. The molecule has 3 aromatic rings. The predicted molar refractivity (Wildman–Crippen MR) is 142 cm³/mol. The first-order valence-electron chi connectivity index (χ1n) is 11.4. The number of benzene rings is 2. The van der Waals surface area contributed by atoms with E-state index in [4.69, 9.17) is 12.2 Å². The van der Waals surface area contributed by atoms with Gasteiger partial charge >= 0.3 is 0 Å². The van der Waals surface area contributed by atoms with E-state index >= 15 is 0 Å². The largest absolute Gasteiger partial charge is 0.366 e. The van der Waals surface area contributed by atoms with Gasteiger partial charge in [0.2, 0.25) is 0 Å². The fourth-order valence-electron chi connectivity index (χ4n) is 5.04. The summed E-state index contributed by atoms with van der Waals surface area (Å²) in [4.78, 5) is 9.27. The molecule has 3 heterocycles. The summed E-state index contributed by atoms with van der Waals surface area (Å²) in [5, 5.41) is 4.29. The second-order valence-corrected chi connectivity index (χ2v) is 10.0. The Kier molecular flexibility index (Phi) is 5.25. The van der Waals surface area contributed by atoms with E-state index in [2.05, 4.69) is 109 Å². The smallest absolute Gasteiger partial charge is 0.174 e. The maximum atomic E-state index is 5.87. The van der Waals surface area contributed by atoms with Gasteiger partial charge in [0.05, 0.1) is 23.3 Å². The number of thiocarbonyl (C=S) groups is 1. The Morgan fingerprint density at radius 2 is 1.76 bits per heavy atom. The molecule has 0 saturated carbocycles. The van der Waals surface area contributed by atoms with Crippen molar-refractivity contribution in [3.8, 4) is 0 Å². The van der Waals surface area contributed by atoms with Gasteiger partial charge < -0.3 is 15.1 Å². The first-order chi connectivity index (χ1) is 15.8. The fraction of sp³-hybridized carbons (Fsp3) is 0.286. The SMILES string of the molecule is CC1=CC(C)(C)N(C)c2ccc(C3C(c4ccccn4)NC(=S)N3c3ccc(C)cc3)cc21. The lowest BCUT2D eigenvalue weighted by atomic mass is 9.86. The van der Waals surface area contributed by atoms with Crippen LogP contribution in [0.5, 0.6) is 0 Å². The molecule has 4 nitrogen and oxygen atoms in total. The highest BCUT2D eigenvalue weighted by Crippen LogP contribution is 2.45. The van der Waals surface area contributed by atoms with Crippen LogP contribution in [0.15, 0.2) is 72.9 Å². The van der Waals surface area contributed by atoms with Crippen LogP contribution in [0.25, 0.3) is 5.57 Å². The number of aryl methyl sites for hydroxylation is 1. The van der Waals surface area contributed by atoms with Crippen molar-refractivity contribution in [2.75, 3.05) is 16.8 Å². The quantitative estimate of drug-likeness (QED) is 0.476. The van der Waals surface area contributed by atoms with Gasteiger partial charge in [0.25, 0.3) is 0 Å². The third-order valence-electron chi connectivity index (χ3n) is 6.99. The van der Waals surface area contributed by atoms with Crippen molar-refractivity contribution in [3.63, 3.8) is 0 Å². The molecule has 5 heteroatoms. The average molecular weight is 455 g/mol. The van der Waals surface area contributed by atoms with E-state index in [1.807, 2.05) is 18.3 Å². The van der Waals surface area contributed by atoms with Crippen molar-refractivity contribution in [1.29, 1.82) is 0 Å². The number of nitrogens with zero attached hydrogens (tertiary/aromatic N) is 3. The van der Waals surface area contributed by atoms with Crippen LogP contribution in [0, 0.1) is 6.92 Å². The number of allylic oxidation sites excluding steroid dienone is 1. The molecule has 0 radical (unpaired) electrons. The normalized spacial score (nSPS) is 21.5. The van der Waals surface area contributed by atoms with E-state index < -0.39 is 0 Å². The van der Waals surface area contributed by atoms with Gasteiger partial charge in [-0.05, 0) is 87.4 Å². The Balaban J connectivity index is 1.65. The summed E-state index contributed by atoms with van der Waals surface area (Å²) in [5.74, 6) is 0. The van der Waals surface area contributed by atoms with Gasteiger partial charge in [-0.15, -0.1) is 0 Å². The lowest BCUT2D eigenvalue weighted by molar-refractivity contribution is 0.566. The Morgan fingerprint density at radius 3 is 2.45 bits per heavy atom. The van der Waals surface area contributed by atoms with Crippen LogP contribution in [0.3, 0.4) is 0 Å². The number of hydrogen-bond donors (Lipinski definition) is 1. The number of rotatable bonds is 3. The van der Waals surface area contributed by atoms with Crippen LogP contribution in [-0.2, 0) is 0 Å². The molecule has 0 aliphatic carbocycles. The maximum absolute atomic E-state index is 5.87. The molecule has 1 aromatic heterocycles. The predicted octanol–water partition coefficient (Wildman–Crippen LogP) is 6.20. The summed E-state index contributed by atoms with van der Waals surface area (Å²) in [5.41, 5.74) is 8.35. The second-order valence-electron chi connectivity index (χ2n) is 9.65. The standard InChI is InChI=1S/C28H30N4S/c1-18-9-12-21(13-10-18)32-26(25(30-27(32)33)23-8-6-7-15-29-23)20-11-14-24-22(16-20)19(2)17-28(3,4)31(24)5/h6-17,25-26H,1-5H3,(H,30,33). The summed E-state index contributed by atoms with van der Waals surface area (Å²) in [6, 6.07) is 21.4. The van der Waals surface area contributed by atoms with E-state index in [0.717, 1.165) is 16.5 Å². The van der Waals surface area contributed by atoms with Gasteiger partial charge in [-0.2, -0.15) is 0 Å². The zero-order chi connectivity index (χ0) is 23.3. The Morgan fingerprint density at radius 1 is 1.00 bits per heavy atom. The van der Waals surface area contributed by atoms with Crippen molar-refractivity contribution < 1.29 is 0 Å². The monoisotopic (exact) mass is 454 g/mol. The van der Waals surface area contributed by atoms with Crippen molar-refractivity contribution in [2.24, 2.45) is 0 Å². The summed E-state index contributed by atoms with van der Waals surface area (Å²) >= 11 is 5.87. The molecule has 0 amide bonds. The average Bonchev–Trinajstić information content (AvgIpc) is 3.15. The minimum absolute atomic E-state index is 0.00607. The lowest BCUT2D eigenvalue weighted by Crippen LogP contribution is -2.42. The molecule has 1 N–H and O–H groups in total. The van der Waals surface area contributed by atoms with E-state index in [1.54, 1.807) is 0 Å². The molecule has 2 aromatic carbocycles. The van der Waals surface area contributed by atoms with Crippen molar-refractivity contribution in [2.45, 2.75) is 45.3 Å². The molecule has 1 fully saturated rings. The second kappa shape index (κ2) is 7.99. The van der Waals surface area contributed by atoms with Gasteiger partial charge in [0.1, 0.15) is 0 Å². The number of anilines is 2. The van der Waals surface area contributed by atoms with Crippen LogP contribution < -0.4 is 15.1 Å². The Hall–Kier alpha value is -3.18. The molecular formula is C28H30N4S. The van der Waals surface area contributed by atoms with Gasteiger partial charge in [-0.25, -0.2) is 0 Å². The zero-order valence-electron chi connectivity index (χ0n) is 19.8. The molecule has 0 spiro atoms. The van der Waals surface area contributed by atoms with E-state index in [1.165, 1.54) is 28.0 Å². The molecule has 168 valence electrons. The zero-order valence-corrected chi connectivity index (χ0v) is 20.6. The molecule has 2 aliphatic rings. The van der Waals surface area contributed by atoms with E-state index in [9.17, 15) is 0 Å². The minimum Gasteiger partial charge on any atom is -0.366 e. The lowest BCUT2D eigenvalue weighted by Gasteiger charge is -2.41. The van der Waals surface area contributed by atoms with Gasteiger partial charge in [-0.1, -0.05) is 35.9 Å². The molecule has 0 bridgehead atoms. The van der Waals surface area contributed by atoms with Gasteiger partial charge in [-0.3, -0.25) is 4.98 Å². The highest BCUT2D eigenvalue weighted by atomic mass is 32.1. The number of nitrogens with one attached hydrogen (secondary N) is 1. The van der Waals surface area contributed by atoms with Crippen LogP contribution in [-0.4, -0.2) is 22.7 Å². The van der Waals surface area contributed by atoms with E-state index in [-0.39, 0.29) is 17.6 Å². The van der Waals surface area contributed by atoms with Crippen LogP contribution in [0.1, 0.15) is 55.2 Å². The summed E-state index contributed by atoms with van der Waals surface area (Å²) < 4.78 is 0. The van der Waals surface area contributed by atoms with Crippen LogP contribution in [0.2, 0.25) is 0 Å². The number of hydrogen-bond acceptors (Lipinski definition) is 3. The highest BCUT2D eigenvalue weighted by molar-refractivity contribution is 7.80. The Bertz CT molecular complexity index is 1230. The van der Waals surface area contributed by atoms with E-state index in [0.29, 0.717) is 0 Å². The number of aromatic nitrogens is 1. The minimum atomic E-state index is -0.0416. The molecule has 2 unspecified atom stereocenters. The summed E-state index contributed by atoms with van der Waals surface area (Å²) in [6.45, 7) is 8.82. The Labute approximate surface area is 202 Å². The third-order valence-corrected chi connectivity index (χ3v) is 7.31. The fourth-order valence-corrected chi connectivity index (χ4v) is 5.38. The molecule has 5 rings (SSSR count). The van der Waals surface area contributed by atoms with Crippen LogP contribution in [0.4, 0.5) is 11.4 Å². The maximum Gasteiger partial charge on any atom is 0.174 e. The van der Waals surface area contributed by atoms with Crippen molar-refractivity contribution in [1.82, 2.24) is 10.3 Å². The van der Waals surface area contributed by atoms with Crippen LogP contribution >= 0.6 is 12.2 Å². The molecule has 33 heavy (non-hydrogen) atoms. The summed E-state index contributed by atoms with van der Waals surface area (Å²) in [7, 11) is 2.17. The van der Waals surface area contributed by atoms with Gasteiger partial charge in [0.15, 0.2) is 5.11 Å². The number of pyridine rings is 1. The molecular weight excluding hydrogens is 424 g/mol. The highest BCUT2D eigenvalue weighted by Gasteiger charge is 2.41.